The molecule has 0 radical (unpaired) electrons. The maximum atomic E-state index is 11.2. The first kappa shape index (κ1) is 18.7. The van der Waals surface area contributed by atoms with Crippen LogP contribution in [-0.2, 0) is 4.79 Å². The zero-order valence-corrected chi connectivity index (χ0v) is 17.5. The predicted octanol–water partition coefficient (Wildman–Crippen LogP) is 4.15. The fourth-order valence-electron chi connectivity index (χ4n) is 3.69. The van der Waals surface area contributed by atoms with Crippen molar-refractivity contribution in [2.45, 2.75) is 25.8 Å². The zero-order valence-electron chi connectivity index (χ0n) is 16.7. The Bertz CT molecular complexity index is 1180. The summed E-state index contributed by atoms with van der Waals surface area (Å²) in [6, 6.07) is 10.4. The lowest BCUT2D eigenvalue weighted by Crippen LogP contribution is -2.45. The molecule has 0 spiro atoms. The standard InChI is InChI=1S/C22H21N5O2S/c1-13(24-14(2)28)15-3-5-16(6-4-15)18-10-27(11-18)22-23-9-19-21(26-22)29-20(25-19)17-7-8-30-12-17/h3-9,12-13,18H,10-11H2,1-2H3,(H,24,28)/t13-/m0/s1. The minimum atomic E-state index is -0.0209. The van der Waals surface area contributed by atoms with Gasteiger partial charge in [0.15, 0.2) is 0 Å². The topological polar surface area (TPSA) is 84.2 Å². The van der Waals surface area contributed by atoms with Gasteiger partial charge in [-0.3, -0.25) is 4.79 Å². The van der Waals surface area contributed by atoms with Gasteiger partial charge in [0.25, 0.3) is 5.71 Å². The average Bonchev–Trinajstić information content (AvgIpc) is 3.36. The van der Waals surface area contributed by atoms with Gasteiger partial charge in [-0.25, -0.2) is 9.97 Å². The molecule has 3 aromatic heterocycles. The van der Waals surface area contributed by atoms with Gasteiger partial charge >= 0.3 is 0 Å². The summed E-state index contributed by atoms with van der Waals surface area (Å²) in [4.78, 5) is 26.9. The molecule has 5 rings (SSSR count). The van der Waals surface area contributed by atoms with Crippen LogP contribution in [-0.4, -0.2) is 33.9 Å². The normalized spacial score (nSPS) is 15.2. The third-order valence-corrected chi connectivity index (χ3v) is 6.08. The molecule has 0 aliphatic carbocycles. The molecule has 0 unspecified atom stereocenters. The van der Waals surface area contributed by atoms with Gasteiger partial charge in [-0.05, 0) is 29.5 Å². The van der Waals surface area contributed by atoms with Crippen LogP contribution in [0.3, 0.4) is 0 Å². The maximum Gasteiger partial charge on any atom is 0.252 e. The van der Waals surface area contributed by atoms with Gasteiger partial charge in [-0.2, -0.15) is 16.3 Å². The van der Waals surface area contributed by atoms with Crippen molar-refractivity contribution >= 4 is 34.4 Å². The van der Waals surface area contributed by atoms with E-state index in [-0.39, 0.29) is 11.9 Å². The van der Waals surface area contributed by atoms with E-state index in [1.807, 2.05) is 23.8 Å². The molecule has 4 heterocycles. The van der Waals surface area contributed by atoms with Gasteiger partial charge < -0.3 is 14.6 Å². The highest BCUT2D eigenvalue weighted by Crippen LogP contribution is 2.32. The van der Waals surface area contributed by atoms with Gasteiger partial charge in [0.2, 0.25) is 17.7 Å². The number of hydrogen-bond acceptors (Lipinski definition) is 7. The lowest BCUT2D eigenvalue weighted by atomic mass is 9.90. The molecule has 0 bridgehead atoms. The highest BCUT2D eigenvalue weighted by Gasteiger charge is 2.30. The molecule has 1 fully saturated rings. The average molecular weight is 420 g/mol. The Hall–Kier alpha value is -3.26. The maximum absolute atomic E-state index is 11.2. The Balaban J connectivity index is 1.26. The fourth-order valence-corrected chi connectivity index (χ4v) is 4.32. The summed E-state index contributed by atoms with van der Waals surface area (Å²) < 4.78 is 5.83. The van der Waals surface area contributed by atoms with Crippen molar-refractivity contribution in [1.29, 1.82) is 0 Å². The van der Waals surface area contributed by atoms with Crippen LogP contribution in [0.2, 0.25) is 0 Å². The van der Waals surface area contributed by atoms with Crippen LogP contribution in [0.25, 0.3) is 22.7 Å². The number of nitrogens with zero attached hydrogens (tertiary/aromatic N) is 4. The summed E-state index contributed by atoms with van der Waals surface area (Å²) in [5.41, 5.74) is 4.53. The van der Waals surface area contributed by atoms with Crippen LogP contribution in [0.15, 0.2) is 51.7 Å². The Morgan fingerprint density at radius 3 is 2.73 bits per heavy atom. The number of rotatable bonds is 5. The molecule has 1 saturated heterocycles. The molecule has 1 aliphatic rings. The molecule has 1 atom stereocenters. The van der Waals surface area contributed by atoms with Crippen molar-refractivity contribution in [2.24, 2.45) is 0 Å². The number of amides is 1. The van der Waals surface area contributed by atoms with Crippen LogP contribution in [0.1, 0.15) is 36.9 Å². The van der Waals surface area contributed by atoms with E-state index in [9.17, 15) is 4.79 Å². The van der Waals surface area contributed by atoms with Gasteiger partial charge in [0.05, 0.1) is 12.2 Å². The van der Waals surface area contributed by atoms with Crippen molar-refractivity contribution in [3.63, 3.8) is 0 Å². The highest BCUT2D eigenvalue weighted by atomic mass is 32.1. The number of carbonyl (C=O) groups excluding carboxylic acids is 1. The summed E-state index contributed by atoms with van der Waals surface area (Å²) in [6.07, 6.45) is 1.72. The van der Waals surface area contributed by atoms with E-state index in [4.69, 9.17) is 4.42 Å². The number of nitrogens with one attached hydrogen (secondary N) is 1. The summed E-state index contributed by atoms with van der Waals surface area (Å²) in [7, 11) is 0. The number of benzene rings is 1. The van der Waals surface area contributed by atoms with E-state index in [2.05, 4.69) is 49.4 Å². The lowest BCUT2D eigenvalue weighted by molar-refractivity contribution is -0.119. The Morgan fingerprint density at radius 2 is 2.03 bits per heavy atom. The second-order valence-corrected chi connectivity index (χ2v) is 8.36. The number of carbonyl (C=O) groups is 1. The van der Waals surface area contributed by atoms with Crippen molar-refractivity contribution in [1.82, 2.24) is 20.3 Å². The van der Waals surface area contributed by atoms with Gasteiger partial charge in [-0.15, -0.1) is 0 Å². The number of aromatic nitrogens is 3. The van der Waals surface area contributed by atoms with Gasteiger partial charge in [0.1, 0.15) is 5.52 Å². The van der Waals surface area contributed by atoms with E-state index in [0.29, 0.717) is 29.0 Å². The molecule has 30 heavy (non-hydrogen) atoms. The number of oxazole rings is 1. The molecule has 1 amide bonds. The molecule has 1 aliphatic heterocycles. The summed E-state index contributed by atoms with van der Waals surface area (Å²) in [6.45, 7) is 5.24. The largest absolute Gasteiger partial charge is 0.417 e. The quantitative estimate of drug-likeness (QED) is 0.523. The smallest absolute Gasteiger partial charge is 0.252 e. The third kappa shape index (κ3) is 3.54. The molecule has 7 nitrogen and oxygen atoms in total. The minimum Gasteiger partial charge on any atom is -0.417 e. The van der Waals surface area contributed by atoms with Gasteiger partial charge in [-0.1, -0.05) is 24.3 Å². The molecule has 4 aromatic rings. The first-order valence-corrected chi connectivity index (χ1v) is 10.8. The fraction of sp³-hybridized carbons (Fsp3) is 0.273. The van der Waals surface area contributed by atoms with Crippen LogP contribution in [0, 0.1) is 0 Å². The second-order valence-electron chi connectivity index (χ2n) is 7.58. The number of fused-ring (bicyclic) bond motifs is 1. The molecule has 1 N–H and O–H groups in total. The molecular weight excluding hydrogens is 398 g/mol. The van der Waals surface area contributed by atoms with Crippen molar-refractivity contribution in [3.05, 3.63) is 58.4 Å². The van der Waals surface area contributed by atoms with Crippen molar-refractivity contribution < 1.29 is 9.21 Å². The zero-order chi connectivity index (χ0) is 20.7. The Kier molecular flexibility index (Phi) is 4.71. The highest BCUT2D eigenvalue weighted by molar-refractivity contribution is 7.08. The summed E-state index contributed by atoms with van der Waals surface area (Å²) in [5.74, 6) is 1.66. The molecule has 1 aromatic carbocycles. The lowest BCUT2D eigenvalue weighted by Gasteiger charge is -2.39. The third-order valence-electron chi connectivity index (χ3n) is 5.40. The summed E-state index contributed by atoms with van der Waals surface area (Å²) in [5, 5.41) is 6.91. The van der Waals surface area contributed by atoms with Crippen molar-refractivity contribution in [2.75, 3.05) is 18.0 Å². The Labute approximate surface area is 177 Å². The first-order chi connectivity index (χ1) is 14.6. The van der Waals surface area contributed by atoms with Gasteiger partial charge in [0, 0.05) is 36.9 Å². The summed E-state index contributed by atoms with van der Waals surface area (Å²) >= 11 is 1.61. The van der Waals surface area contributed by atoms with E-state index in [0.717, 1.165) is 24.2 Å². The van der Waals surface area contributed by atoms with Crippen LogP contribution in [0.5, 0.6) is 0 Å². The number of anilines is 1. The van der Waals surface area contributed by atoms with E-state index in [1.165, 1.54) is 12.5 Å². The van der Waals surface area contributed by atoms with Crippen LogP contribution in [0.4, 0.5) is 5.95 Å². The van der Waals surface area contributed by atoms with E-state index in [1.54, 1.807) is 17.5 Å². The molecule has 0 saturated carbocycles. The predicted molar refractivity (Wildman–Crippen MR) is 117 cm³/mol. The number of hydrogen-bond donors (Lipinski definition) is 1. The molecule has 152 valence electrons. The van der Waals surface area contributed by atoms with E-state index < -0.39 is 0 Å². The first-order valence-electron chi connectivity index (χ1n) is 9.85. The SMILES string of the molecule is CC(=O)N[C@@H](C)c1ccc(C2CN(c3ncc4nc(-c5ccsc5)oc4n3)C2)cc1. The molecular formula is C22H21N5O2S. The Morgan fingerprint density at radius 1 is 1.23 bits per heavy atom. The monoisotopic (exact) mass is 419 g/mol. The number of thiophene rings is 1. The van der Waals surface area contributed by atoms with E-state index >= 15 is 0 Å². The van der Waals surface area contributed by atoms with Crippen LogP contribution >= 0.6 is 11.3 Å². The van der Waals surface area contributed by atoms with Crippen molar-refractivity contribution in [3.8, 4) is 11.5 Å². The second kappa shape index (κ2) is 7.53. The molecule has 8 heteroatoms. The van der Waals surface area contributed by atoms with Crippen LogP contribution < -0.4 is 10.2 Å². The minimum absolute atomic E-state index is 0.00967.